The summed E-state index contributed by atoms with van der Waals surface area (Å²) >= 11 is 0. The molecular weight excluding hydrogens is 207 g/mol. The van der Waals surface area contributed by atoms with E-state index in [1.165, 1.54) is 18.2 Å². The molecule has 0 spiro atoms. The standard InChI is InChI=1S/C10H10F3NO/c11-10(12,13)8-5-14-4-7-6(8)2-1-3-9(7)15/h1-3,8,14-15H,4-5H2. The van der Waals surface area contributed by atoms with Gasteiger partial charge in [-0.3, -0.25) is 0 Å². The lowest BCUT2D eigenvalue weighted by Gasteiger charge is -2.28. The number of hydrogen-bond acceptors (Lipinski definition) is 2. The van der Waals surface area contributed by atoms with Crippen LogP contribution in [0.4, 0.5) is 13.2 Å². The second-order valence-corrected chi connectivity index (χ2v) is 3.57. The third-order valence-electron chi connectivity index (χ3n) is 2.61. The maximum Gasteiger partial charge on any atom is 0.396 e. The van der Waals surface area contributed by atoms with E-state index >= 15 is 0 Å². The Morgan fingerprint density at radius 3 is 2.73 bits per heavy atom. The molecule has 2 rings (SSSR count). The van der Waals surface area contributed by atoms with Crippen LogP contribution in [0.1, 0.15) is 17.0 Å². The number of phenolic OH excluding ortho intramolecular Hbond substituents is 1. The van der Waals surface area contributed by atoms with Gasteiger partial charge in [0.05, 0.1) is 5.92 Å². The number of halogens is 3. The molecule has 1 unspecified atom stereocenters. The highest BCUT2D eigenvalue weighted by atomic mass is 19.4. The van der Waals surface area contributed by atoms with Gasteiger partial charge in [0.1, 0.15) is 5.75 Å². The Hall–Kier alpha value is -1.23. The molecule has 1 aromatic rings. The van der Waals surface area contributed by atoms with Gasteiger partial charge >= 0.3 is 6.18 Å². The average Bonchev–Trinajstić information content (AvgIpc) is 2.16. The lowest BCUT2D eigenvalue weighted by molar-refractivity contribution is -0.150. The molecule has 2 N–H and O–H groups in total. The lowest BCUT2D eigenvalue weighted by Crippen LogP contribution is -2.36. The van der Waals surface area contributed by atoms with Crippen molar-refractivity contribution in [2.24, 2.45) is 0 Å². The van der Waals surface area contributed by atoms with Crippen LogP contribution >= 0.6 is 0 Å². The smallest absolute Gasteiger partial charge is 0.396 e. The molecular formula is C10H10F3NO. The number of benzene rings is 1. The number of aromatic hydroxyl groups is 1. The minimum Gasteiger partial charge on any atom is -0.508 e. The fourth-order valence-corrected chi connectivity index (χ4v) is 1.85. The molecule has 0 amide bonds. The van der Waals surface area contributed by atoms with Crippen molar-refractivity contribution in [3.05, 3.63) is 29.3 Å². The van der Waals surface area contributed by atoms with E-state index in [-0.39, 0.29) is 24.4 Å². The van der Waals surface area contributed by atoms with Gasteiger partial charge in [-0.2, -0.15) is 13.2 Å². The van der Waals surface area contributed by atoms with E-state index < -0.39 is 12.1 Å². The van der Waals surface area contributed by atoms with E-state index in [9.17, 15) is 18.3 Å². The van der Waals surface area contributed by atoms with Crippen LogP contribution in [0, 0.1) is 0 Å². The van der Waals surface area contributed by atoms with Gasteiger partial charge in [0.2, 0.25) is 0 Å². The minimum absolute atomic E-state index is 0.0750. The second kappa shape index (κ2) is 3.41. The number of phenols is 1. The first-order valence-electron chi connectivity index (χ1n) is 4.58. The van der Waals surface area contributed by atoms with Crippen LogP contribution in [0.5, 0.6) is 5.75 Å². The average molecular weight is 217 g/mol. The van der Waals surface area contributed by atoms with Gasteiger partial charge < -0.3 is 10.4 Å². The Morgan fingerprint density at radius 2 is 2.07 bits per heavy atom. The van der Waals surface area contributed by atoms with Crippen LogP contribution in [0.25, 0.3) is 0 Å². The summed E-state index contributed by atoms with van der Waals surface area (Å²) in [6, 6.07) is 4.27. The van der Waals surface area contributed by atoms with Crippen LogP contribution in [-0.2, 0) is 6.54 Å². The van der Waals surface area contributed by atoms with Crippen molar-refractivity contribution in [3.8, 4) is 5.75 Å². The third kappa shape index (κ3) is 1.79. The molecule has 5 heteroatoms. The summed E-state index contributed by atoms with van der Waals surface area (Å²) in [7, 11) is 0. The summed E-state index contributed by atoms with van der Waals surface area (Å²) in [5.74, 6) is -1.60. The molecule has 82 valence electrons. The van der Waals surface area contributed by atoms with Crippen molar-refractivity contribution in [2.45, 2.75) is 18.6 Å². The Balaban J connectivity index is 2.48. The molecule has 2 nitrogen and oxygen atoms in total. The highest BCUT2D eigenvalue weighted by molar-refractivity contribution is 5.43. The molecule has 0 aliphatic carbocycles. The fraction of sp³-hybridized carbons (Fsp3) is 0.400. The van der Waals surface area contributed by atoms with Gasteiger partial charge in [-0.1, -0.05) is 12.1 Å². The summed E-state index contributed by atoms with van der Waals surface area (Å²) in [4.78, 5) is 0. The van der Waals surface area contributed by atoms with Gasteiger partial charge in [0, 0.05) is 18.7 Å². The highest BCUT2D eigenvalue weighted by Crippen LogP contribution is 2.39. The van der Waals surface area contributed by atoms with E-state index in [4.69, 9.17) is 0 Å². The Labute approximate surface area is 84.7 Å². The molecule has 0 radical (unpaired) electrons. The van der Waals surface area contributed by atoms with Crippen molar-refractivity contribution in [2.75, 3.05) is 6.54 Å². The van der Waals surface area contributed by atoms with Crippen LogP contribution in [0.3, 0.4) is 0 Å². The molecule has 0 bridgehead atoms. The summed E-state index contributed by atoms with van der Waals surface area (Å²) in [6.45, 7) is 0.161. The molecule has 1 aliphatic rings. The predicted octanol–water partition coefficient (Wildman–Crippen LogP) is 2.14. The number of hydrogen-bond donors (Lipinski definition) is 2. The normalized spacial score (nSPS) is 21.1. The highest BCUT2D eigenvalue weighted by Gasteiger charge is 2.43. The topological polar surface area (TPSA) is 32.3 Å². The number of alkyl halides is 3. The van der Waals surface area contributed by atoms with Gasteiger partial charge in [0.25, 0.3) is 0 Å². The maximum atomic E-state index is 12.6. The predicted molar refractivity (Wildman–Crippen MR) is 48.6 cm³/mol. The van der Waals surface area contributed by atoms with Crippen LogP contribution in [0.15, 0.2) is 18.2 Å². The van der Waals surface area contributed by atoms with Crippen molar-refractivity contribution in [1.29, 1.82) is 0 Å². The van der Waals surface area contributed by atoms with Crippen LogP contribution < -0.4 is 5.32 Å². The Bertz CT molecular complexity index is 375. The zero-order valence-corrected chi connectivity index (χ0v) is 7.80. The molecule has 0 fully saturated rings. The molecule has 1 heterocycles. The Kier molecular flexibility index (Phi) is 2.34. The van der Waals surface area contributed by atoms with Gasteiger partial charge in [-0.15, -0.1) is 0 Å². The SMILES string of the molecule is Oc1cccc2c1CNCC2C(F)(F)F. The quantitative estimate of drug-likeness (QED) is 0.697. The largest absolute Gasteiger partial charge is 0.508 e. The second-order valence-electron chi connectivity index (χ2n) is 3.57. The summed E-state index contributed by atoms with van der Waals surface area (Å²) in [5.41, 5.74) is 0.535. The summed E-state index contributed by atoms with van der Waals surface area (Å²) in [5, 5.41) is 12.1. The van der Waals surface area contributed by atoms with Crippen molar-refractivity contribution >= 4 is 0 Å². The van der Waals surface area contributed by atoms with E-state index in [1.54, 1.807) is 0 Å². The zero-order valence-electron chi connectivity index (χ0n) is 7.80. The molecule has 0 saturated heterocycles. The fourth-order valence-electron chi connectivity index (χ4n) is 1.85. The summed E-state index contributed by atoms with van der Waals surface area (Å²) < 4.78 is 37.9. The first kappa shape index (κ1) is 10.3. The molecule has 1 aromatic carbocycles. The Morgan fingerprint density at radius 1 is 1.33 bits per heavy atom. The summed E-state index contributed by atoms with van der Waals surface area (Å²) in [6.07, 6.45) is -4.27. The molecule has 1 atom stereocenters. The number of fused-ring (bicyclic) bond motifs is 1. The van der Waals surface area contributed by atoms with E-state index in [1.807, 2.05) is 0 Å². The zero-order chi connectivity index (χ0) is 11.1. The lowest BCUT2D eigenvalue weighted by atomic mass is 9.90. The molecule has 15 heavy (non-hydrogen) atoms. The van der Waals surface area contributed by atoms with Crippen molar-refractivity contribution in [3.63, 3.8) is 0 Å². The van der Waals surface area contributed by atoms with Gasteiger partial charge in [-0.25, -0.2) is 0 Å². The molecule has 0 aromatic heterocycles. The molecule has 1 aliphatic heterocycles. The maximum absolute atomic E-state index is 12.6. The van der Waals surface area contributed by atoms with Crippen LogP contribution in [-0.4, -0.2) is 17.8 Å². The van der Waals surface area contributed by atoms with Crippen molar-refractivity contribution < 1.29 is 18.3 Å². The number of nitrogens with one attached hydrogen (secondary N) is 1. The first-order chi connectivity index (χ1) is 7.00. The molecule has 0 saturated carbocycles. The van der Waals surface area contributed by atoms with Gasteiger partial charge in [0.15, 0.2) is 0 Å². The van der Waals surface area contributed by atoms with E-state index in [0.29, 0.717) is 5.56 Å². The van der Waals surface area contributed by atoms with E-state index in [2.05, 4.69) is 5.32 Å². The van der Waals surface area contributed by atoms with Gasteiger partial charge in [-0.05, 0) is 11.6 Å². The number of rotatable bonds is 0. The first-order valence-corrected chi connectivity index (χ1v) is 4.58. The minimum atomic E-state index is -4.27. The van der Waals surface area contributed by atoms with Crippen molar-refractivity contribution in [1.82, 2.24) is 5.32 Å². The van der Waals surface area contributed by atoms with E-state index in [0.717, 1.165) is 0 Å². The van der Waals surface area contributed by atoms with Crippen LogP contribution in [0.2, 0.25) is 0 Å². The third-order valence-corrected chi connectivity index (χ3v) is 2.61. The monoisotopic (exact) mass is 217 g/mol.